The number of rotatable bonds is 4. The van der Waals surface area contributed by atoms with E-state index in [1.54, 1.807) is 0 Å². The van der Waals surface area contributed by atoms with Gasteiger partial charge in [-0.15, -0.1) is 0 Å². The molecule has 0 radical (unpaired) electrons. The number of carbonyl (C=O) groups is 2. The molecular weight excluding hydrogens is 325 g/mol. The molecule has 3 fully saturated rings. The number of alkyl halides is 1. The van der Waals surface area contributed by atoms with Crippen LogP contribution < -0.4 is 5.32 Å². The molecule has 2 aliphatic carbocycles. The van der Waals surface area contributed by atoms with Gasteiger partial charge in [0.15, 0.2) is 0 Å². The predicted molar refractivity (Wildman–Crippen MR) is 87.3 cm³/mol. The van der Waals surface area contributed by atoms with E-state index in [4.69, 9.17) is 4.52 Å². The van der Waals surface area contributed by atoms with Crippen LogP contribution in [0.2, 0.25) is 0 Å². The fraction of sp³-hybridized carbons (Fsp3) is 0.722. The Morgan fingerprint density at radius 3 is 2.84 bits per heavy atom. The minimum atomic E-state index is -0.974. The summed E-state index contributed by atoms with van der Waals surface area (Å²) >= 11 is 0. The van der Waals surface area contributed by atoms with Crippen molar-refractivity contribution in [1.29, 1.82) is 0 Å². The maximum atomic E-state index is 13.3. The highest BCUT2D eigenvalue weighted by atomic mass is 19.1. The molecule has 5 unspecified atom stereocenters. The van der Waals surface area contributed by atoms with Gasteiger partial charge in [0.2, 0.25) is 11.8 Å². The van der Waals surface area contributed by atoms with Gasteiger partial charge in [-0.2, -0.15) is 0 Å². The van der Waals surface area contributed by atoms with Gasteiger partial charge in [0.25, 0.3) is 0 Å². The number of piperidine rings is 1. The van der Waals surface area contributed by atoms with Gasteiger partial charge in [0.1, 0.15) is 12.4 Å². The van der Waals surface area contributed by atoms with Crippen LogP contribution in [0.25, 0.3) is 0 Å². The van der Waals surface area contributed by atoms with Crippen molar-refractivity contribution in [2.45, 2.75) is 63.7 Å². The Labute approximate surface area is 146 Å². The van der Waals surface area contributed by atoms with E-state index in [1.165, 1.54) is 6.26 Å². The Morgan fingerprint density at radius 2 is 2.16 bits per heavy atom. The Morgan fingerprint density at radius 1 is 1.36 bits per heavy atom. The zero-order valence-electron chi connectivity index (χ0n) is 14.4. The highest BCUT2D eigenvalue weighted by Gasteiger charge is 2.49. The maximum absolute atomic E-state index is 13.3. The van der Waals surface area contributed by atoms with Gasteiger partial charge in [0.05, 0.1) is 24.1 Å². The first kappa shape index (κ1) is 16.5. The zero-order valence-corrected chi connectivity index (χ0v) is 14.4. The van der Waals surface area contributed by atoms with Gasteiger partial charge < -0.3 is 14.7 Å². The molecule has 2 heterocycles. The summed E-state index contributed by atoms with van der Waals surface area (Å²) in [5.41, 5.74) is 1.50. The summed E-state index contributed by atoms with van der Waals surface area (Å²) in [5.74, 6) is 0.0202. The molecule has 0 aromatic carbocycles. The first-order valence-corrected chi connectivity index (χ1v) is 9.16. The van der Waals surface area contributed by atoms with E-state index in [9.17, 15) is 14.0 Å². The van der Waals surface area contributed by atoms with E-state index >= 15 is 0 Å². The molecule has 1 N–H and O–H groups in total. The number of nitrogens with zero attached hydrogens (tertiary/aromatic N) is 2. The van der Waals surface area contributed by atoms with E-state index in [-0.39, 0.29) is 30.3 Å². The van der Waals surface area contributed by atoms with Crippen LogP contribution in [0.4, 0.5) is 4.39 Å². The molecule has 1 aliphatic heterocycles. The first-order valence-electron chi connectivity index (χ1n) is 9.16. The van der Waals surface area contributed by atoms with Crippen LogP contribution in [-0.2, 0) is 16.0 Å². The van der Waals surface area contributed by atoms with Crippen molar-refractivity contribution in [3.8, 4) is 0 Å². The Hall–Kier alpha value is -1.92. The van der Waals surface area contributed by atoms with Crippen molar-refractivity contribution >= 4 is 11.8 Å². The predicted octanol–water partition coefficient (Wildman–Crippen LogP) is 1.77. The number of aryl methyl sites for hydroxylation is 1. The van der Waals surface area contributed by atoms with Crippen molar-refractivity contribution < 1.29 is 18.5 Å². The summed E-state index contributed by atoms with van der Waals surface area (Å²) in [5, 5.41) is 6.89. The topological polar surface area (TPSA) is 75.4 Å². The molecule has 2 amide bonds. The smallest absolute Gasteiger partial charge is 0.229 e. The zero-order chi connectivity index (χ0) is 17.6. The minimum absolute atomic E-state index is 0.000298. The third-order valence-corrected chi connectivity index (χ3v) is 5.96. The fourth-order valence-corrected chi connectivity index (χ4v) is 4.31. The molecule has 25 heavy (non-hydrogen) atoms. The molecule has 4 rings (SSSR count). The molecule has 136 valence electrons. The average molecular weight is 349 g/mol. The Balaban J connectivity index is 1.42. The maximum Gasteiger partial charge on any atom is 0.229 e. The summed E-state index contributed by atoms with van der Waals surface area (Å²) in [6.45, 7) is 2.50. The van der Waals surface area contributed by atoms with Crippen molar-refractivity contribution in [2.75, 3.05) is 6.54 Å². The quantitative estimate of drug-likeness (QED) is 0.899. The van der Waals surface area contributed by atoms with Crippen LogP contribution >= 0.6 is 0 Å². The number of hydrogen-bond donors (Lipinski definition) is 1. The highest BCUT2D eigenvalue weighted by Crippen LogP contribution is 2.40. The van der Waals surface area contributed by atoms with Gasteiger partial charge in [-0.25, -0.2) is 4.39 Å². The second-order valence-corrected chi connectivity index (χ2v) is 7.70. The number of hydrogen-bond acceptors (Lipinski definition) is 4. The van der Waals surface area contributed by atoms with Crippen molar-refractivity contribution in [3.05, 3.63) is 17.5 Å². The second kappa shape index (κ2) is 6.42. The number of carbonyl (C=O) groups excluding carboxylic acids is 2. The number of fused-ring (bicyclic) bond motifs is 2. The van der Waals surface area contributed by atoms with Gasteiger partial charge in [-0.3, -0.25) is 9.59 Å². The molecule has 2 bridgehead atoms. The van der Waals surface area contributed by atoms with E-state index in [2.05, 4.69) is 10.5 Å². The Bertz CT molecular complexity index is 676. The lowest BCUT2D eigenvalue weighted by Gasteiger charge is -2.47. The standard InChI is InChI=1S/C18H24FN3O3/c1-10-12(9-25-21-10)7-17(23)20-15-3-2-11-4-5-22(16(15)6-11)18(24)13-8-14(13)19/h9,11,13-16H,2-8H2,1H3,(H,20,23). The molecule has 3 aliphatic rings. The number of halogens is 1. The SMILES string of the molecule is Cc1nocc1CC(=O)NC1CCC2CCN(C(=O)C3CC3F)C1C2. The van der Waals surface area contributed by atoms with E-state index < -0.39 is 12.1 Å². The van der Waals surface area contributed by atoms with E-state index in [0.29, 0.717) is 18.9 Å². The molecule has 1 saturated heterocycles. The minimum Gasteiger partial charge on any atom is -0.364 e. The summed E-state index contributed by atoms with van der Waals surface area (Å²) in [6.07, 6.45) is 4.96. The van der Waals surface area contributed by atoms with Gasteiger partial charge in [0, 0.05) is 18.2 Å². The van der Waals surface area contributed by atoms with E-state index in [0.717, 1.165) is 36.9 Å². The van der Waals surface area contributed by atoms with Crippen LogP contribution in [0.5, 0.6) is 0 Å². The summed E-state index contributed by atoms with van der Waals surface area (Å²) in [7, 11) is 0. The summed E-state index contributed by atoms with van der Waals surface area (Å²) in [6, 6.07) is -0.0506. The number of aromatic nitrogens is 1. The van der Waals surface area contributed by atoms with Crippen LogP contribution in [0.15, 0.2) is 10.8 Å². The lowest BCUT2D eigenvalue weighted by molar-refractivity contribution is -0.140. The largest absolute Gasteiger partial charge is 0.364 e. The van der Waals surface area contributed by atoms with Crippen LogP contribution in [0, 0.1) is 18.8 Å². The second-order valence-electron chi connectivity index (χ2n) is 7.70. The highest BCUT2D eigenvalue weighted by molar-refractivity contribution is 5.83. The fourth-order valence-electron chi connectivity index (χ4n) is 4.31. The third-order valence-electron chi connectivity index (χ3n) is 5.96. The normalized spacial score (nSPS) is 33.8. The summed E-state index contributed by atoms with van der Waals surface area (Å²) in [4.78, 5) is 26.8. The van der Waals surface area contributed by atoms with Crippen molar-refractivity contribution in [3.63, 3.8) is 0 Å². The third kappa shape index (κ3) is 3.28. The van der Waals surface area contributed by atoms with Gasteiger partial charge in [-0.1, -0.05) is 5.16 Å². The molecule has 1 aromatic heterocycles. The van der Waals surface area contributed by atoms with Crippen LogP contribution in [-0.4, -0.2) is 46.7 Å². The lowest BCUT2D eigenvalue weighted by Crippen LogP contribution is -2.59. The first-order chi connectivity index (χ1) is 12.0. The molecule has 5 atom stereocenters. The van der Waals surface area contributed by atoms with Crippen LogP contribution in [0.3, 0.4) is 0 Å². The lowest BCUT2D eigenvalue weighted by atomic mass is 9.76. The van der Waals surface area contributed by atoms with Crippen LogP contribution in [0.1, 0.15) is 43.4 Å². The molecule has 7 heteroatoms. The van der Waals surface area contributed by atoms with Gasteiger partial charge >= 0.3 is 0 Å². The number of likely N-dealkylation sites (tertiary alicyclic amines) is 1. The number of amides is 2. The van der Waals surface area contributed by atoms with E-state index in [1.807, 2.05) is 11.8 Å². The monoisotopic (exact) mass is 349 g/mol. The average Bonchev–Trinajstić information content (AvgIpc) is 3.20. The molecule has 1 aromatic rings. The molecular formula is C18H24FN3O3. The Kier molecular flexibility index (Phi) is 4.25. The van der Waals surface area contributed by atoms with Crippen molar-refractivity contribution in [1.82, 2.24) is 15.4 Å². The van der Waals surface area contributed by atoms with Gasteiger partial charge in [-0.05, 0) is 44.9 Å². The molecule has 6 nitrogen and oxygen atoms in total. The molecule has 0 spiro atoms. The summed E-state index contributed by atoms with van der Waals surface area (Å²) < 4.78 is 18.2. The number of nitrogens with one attached hydrogen (secondary N) is 1. The molecule has 2 saturated carbocycles. The van der Waals surface area contributed by atoms with Crippen molar-refractivity contribution in [2.24, 2.45) is 11.8 Å².